The van der Waals surface area contributed by atoms with Crippen LogP contribution < -0.4 is 11.1 Å². The Morgan fingerprint density at radius 1 is 1.29 bits per heavy atom. The van der Waals surface area contributed by atoms with E-state index in [-0.39, 0.29) is 56.7 Å². The van der Waals surface area contributed by atoms with Gasteiger partial charge in [-0.2, -0.15) is 0 Å². The zero-order valence-corrected chi connectivity index (χ0v) is 17.0. The molecular formula is C21H25FN4O5. The van der Waals surface area contributed by atoms with Gasteiger partial charge in [-0.1, -0.05) is 18.7 Å². The van der Waals surface area contributed by atoms with Gasteiger partial charge in [0.05, 0.1) is 13.1 Å². The number of likely N-dealkylation sites (tertiary alicyclic amines) is 1. The summed E-state index contributed by atoms with van der Waals surface area (Å²) in [4.78, 5) is 50.7. The second-order valence-corrected chi connectivity index (χ2v) is 7.54. The maximum Gasteiger partial charge on any atom is 0.410 e. The summed E-state index contributed by atoms with van der Waals surface area (Å²) in [7, 11) is 0. The molecule has 0 bridgehead atoms. The van der Waals surface area contributed by atoms with Crippen molar-refractivity contribution in [3.8, 4) is 0 Å². The van der Waals surface area contributed by atoms with Gasteiger partial charge >= 0.3 is 6.09 Å². The maximum atomic E-state index is 13.9. The molecule has 1 fully saturated rings. The van der Waals surface area contributed by atoms with Crippen LogP contribution in [0.5, 0.6) is 0 Å². The van der Waals surface area contributed by atoms with Crippen LogP contribution in [-0.4, -0.2) is 58.8 Å². The number of fused-ring (bicyclic) bond motifs is 1. The molecule has 166 valence electrons. The van der Waals surface area contributed by atoms with Gasteiger partial charge in [0.25, 0.3) is 0 Å². The minimum atomic E-state index is -0.874. The number of amides is 4. The Morgan fingerprint density at radius 3 is 2.74 bits per heavy atom. The minimum absolute atomic E-state index is 0.0480. The van der Waals surface area contributed by atoms with Crippen molar-refractivity contribution in [3.63, 3.8) is 0 Å². The first-order valence-corrected chi connectivity index (χ1v) is 10.0. The summed E-state index contributed by atoms with van der Waals surface area (Å²) in [5.41, 5.74) is 6.61. The van der Waals surface area contributed by atoms with Gasteiger partial charge in [-0.15, -0.1) is 0 Å². The van der Waals surface area contributed by atoms with E-state index in [1.54, 1.807) is 12.1 Å². The predicted octanol–water partition coefficient (Wildman–Crippen LogP) is 0.815. The second kappa shape index (κ2) is 9.59. The molecule has 2 aliphatic heterocycles. The van der Waals surface area contributed by atoms with Gasteiger partial charge in [-0.05, 0) is 24.1 Å². The molecule has 0 spiro atoms. The fraction of sp³-hybridized carbons (Fsp3) is 0.429. The third-order valence-electron chi connectivity index (χ3n) is 5.42. The van der Waals surface area contributed by atoms with Crippen molar-refractivity contribution < 1.29 is 28.3 Å². The average molecular weight is 432 g/mol. The van der Waals surface area contributed by atoms with E-state index in [0.717, 1.165) is 11.6 Å². The predicted molar refractivity (Wildman–Crippen MR) is 108 cm³/mol. The molecule has 3 rings (SSSR count). The third-order valence-corrected chi connectivity index (χ3v) is 5.42. The summed E-state index contributed by atoms with van der Waals surface area (Å²) in [6, 6.07) is 3.81. The Balaban J connectivity index is 1.53. The number of ether oxygens (including phenoxy) is 1. The van der Waals surface area contributed by atoms with Gasteiger partial charge in [0.15, 0.2) is 0 Å². The van der Waals surface area contributed by atoms with Gasteiger partial charge in [0.2, 0.25) is 17.7 Å². The number of hydrogen-bond donors (Lipinski definition) is 2. The van der Waals surface area contributed by atoms with Crippen LogP contribution in [0, 0.1) is 5.82 Å². The highest BCUT2D eigenvalue weighted by Crippen LogP contribution is 2.27. The van der Waals surface area contributed by atoms with Crippen molar-refractivity contribution in [2.45, 2.75) is 44.5 Å². The lowest BCUT2D eigenvalue weighted by Gasteiger charge is -2.22. The Bertz CT molecular complexity index is 906. The van der Waals surface area contributed by atoms with Crippen molar-refractivity contribution in [2.75, 3.05) is 13.1 Å². The number of rotatable bonds is 7. The molecule has 0 aliphatic carbocycles. The van der Waals surface area contributed by atoms with Gasteiger partial charge in [0, 0.05) is 31.5 Å². The molecule has 3 N–H and O–H groups in total. The standard InChI is InChI=1S/C21H25FN4O5/c1-2-18(27)24-8-4-7-19(28)26-11-14(9-17(26)20(23)29)31-21(30)25-10-13-5-3-6-16(22)15(13)12-25/h2-3,5-6,14,17H,1,4,7-12H2,(H2,23,29)(H,24,27)/t14-,17+/m1/s1. The Hall–Kier alpha value is -3.43. The zero-order chi connectivity index (χ0) is 22.5. The number of nitrogens with zero attached hydrogens (tertiary/aromatic N) is 2. The van der Waals surface area contributed by atoms with E-state index in [2.05, 4.69) is 11.9 Å². The highest BCUT2D eigenvalue weighted by molar-refractivity contribution is 5.88. The average Bonchev–Trinajstić information content (AvgIpc) is 3.36. The number of hydrogen-bond acceptors (Lipinski definition) is 5. The van der Waals surface area contributed by atoms with Crippen LogP contribution >= 0.6 is 0 Å². The van der Waals surface area contributed by atoms with E-state index in [4.69, 9.17) is 10.5 Å². The van der Waals surface area contributed by atoms with Crippen LogP contribution in [0.1, 0.15) is 30.4 Å². The Morgan fingerprint density at radius 2 is 2.06 bits per heavy atom. The van der Waals surface area contributed by atoms with E-state index in [0.29, 0.717) is 12.0 Å². The quantitative estimate of drug-likeness (QED) is 0.488. The lowest BCUT2D eigenvalue weighted by molar-refractivity contribution is -0.137. The van der Waals surface area contributed by atoms with Crippen molar-refractivity contribution in [1.82, 2.24) is 15.1 Å². The van der Waals surface area contributed by atoms with Crippen molar-refractivity contribution in [3.05, 3.63) is 47.8 Å². The van der Waals surface area contributed by atoms with E-state index in [9.17, 15) is 23.6 Å². The van der Waals surface area contributed by atoms with Gasteiger partial charge in [0.1, 0.15) is 18.0 Å². The van der Waals surface area contributed by atoms with Crippen LogP contribution in [-0.2, 0) is 32.2 Å². The normalized spacial score (nSPS) is 19.6. The molecule has 9 nitrogen and oxygen atoms in total. The first-order valence-electron chi connectivity index (χ1n) is 10.0. The number of nitrogens with one attached hydrogen (secondary N) is 1. The van der Waals surface area contributed by atoms with Gasteiger partial charge in [-0.25, -0.2) is 9.18 Å². The fourth-order valence-corrected chi connectivity index (χ4v) is 3.82. The summed E-state index contributed by atoms with van der Waals surface area (Å²) in [5, 5.41) is 2.57. The summed E-state index contributed by atoms with van der Waals surface area (Å²) >= 11 is 0. The van der Waals surface area contributed by atoms with Crippen molar-refractivity contribution in [1.29, 1.82) is 0 Å². The lowest BCUT2D eigenvalue weighted by atomic mass is 10.1. The summed E-state index contributed by atoms with van der Waals surface area (Å²) in [6.07, 6.45) is 0.394. The molecule has 2 aliphatic rings. The molecule has 2 atom stereocenters. The maximum absolute atomic E-state index is 13.9. The molecule has 0 unspecified atom stereocenters. The molecule has 4 amide bonds. The van der Waals surface area contributed by atoms with Crippen molar-refractivity contribution in [2.24, 2.45) is 5.73 Å². The monoisotopic (exact) mass is 432 g/mol. The van der Waals surface area contributed by atoms with Crippen LogP contribution in [0.15, 0.2) is 30.9 Å². The van der Waals surface area contributed by atoms with E-state index < -0.39 is 24.1 Å². The lowest BCUT2D eigenvalue weighted by Crippen LogP contribution is -2.43. The number of halogens is 1. The number of primary amides is 1. The third kappa shape index (κ3) is 5.19. The zero-order valence-electron chi connectivity index (χ0n) is 17.0. The molecular weight excluding hydrogens is 407 g/mol. The van der Waals surface area contributed by atoms with Gasteiger partial charge in [-0.3, -0.25) is 19.3 Å². The van der Waals surface area contributed by atoms with Crippen LogP contribution in [0.4, 0.5) is 9.18 Å². The number of carbonyl (C=O) groups is 4. The second-order valence-electron chi connectivity index (χ2n) is 7.54. The number of benzene rings is 1. The van der Waals surface area contributed by atoms with E-state index in [1.165, 1.54) is 15.9 Å². The highest BCUT2D eigenvalue weighted by atomic mass is 19.1. The number of nitrogens with two attached hydrogens (primary N) is 1. The molecule has 1 aromatic rings. The molecule has 1 aromatic carbocycles. The molecule has 2 heterocycles. The first kappa shape index (κ1) is 22.3. The van der Waals surface area contributed by atoms with E-state index >= 15 is 0 Å². The molecule has 0 saturated carbocycles. The number of carbonyl (C=O) groups excluding carboxylic acids is 4. The first-order chi connectivity index (χ1) is 14.8. The molecule has 31 heavy (non-hydrogen) atoms. The van der Waals surface area contributed by atoms with Crippen LogP contribution in [0.25, 0.3) is 0 Å². The minimum Gasteiger partial charge on any atom is -0.444 e. The molecule has 1 saturated heterocycles. The molecule has 0 aromatic heterocycles. The van der Waals surface area contributed by atoms with Gasteiger partial charge < -0.3 is 20.7 Å². The molecule has 10 heteroatoms. The largest absolute Gasteiger partial charge is 0.444 e. The summed E-state index contributed by atoms with van der Waals surface area (Å²) in [5.74, 6) is -1.70. The topological polar surface area (TPSA) is 122 Å². The van der Waals surface area contributed by atoms with Crippen molar-refractivity contribution >= 4 is 23.8 Å². The fourth-order valence-electron chi connectivity index (χ4n) is 3.82. The smallest absolute Gasteiger partial charge is 0.410 e. The van der Waals surface area contributed by atoms with Crippen LogP contribution in [0.2, 0.25) is 0 Å². The Kier molecular flexibility index (Phi) is 6.88. The Labute approximate surface area is 179 Å². The van der Waals surface area contributed by atoms with E-state index in [1.807, 2.05) is 0 Å². The highest BCUT2D eigenvalue weighted by Gasteiger charge is 2.41. The van der Waals surface area contributed by atoms with Crippen LogP contribution in [0.3, 0.4) is 0 Å². The summed E-state index contributed by atoms with van der Waals surface area (Å²) in [6.45, 7) is 4.01. The molecule has 0 radical (unpaired) electrons. The summed E-state index contributed by atoms with van der Waals surface area (Å²) < 4.78 is 19.4. The SMILES string of the molecule is C=CC(=O)NCCCC(=O)N1C[C@H](OC(=O)N2Cc3cccc(F)c3C2)C[C@H]1C(N)=O.